The number of hydrogen-bond acceptors (Lipinski definition) is 6. The second kappa shape index (κ2) is 3.21. The van der Waals surface area contributed by atoms with Gasteiger partial charge in [-0.1, -0.05) is 0 Å². The predicted octanol–water partition coefficient (Wildman–Crippen LogP) is 0.108. The van der Waals surface area contributed by atoms with Gasteiger partial charge in [-0.05, 0) is 12.1 Å². The van der Waals surface area contributed by atoms with Crippen LogP contribution in [0.25, 0.3) is 0 Å². The molecule has 0 radical (unpaired) electrons. The highest BCUT2D eigenvalue weighted by atomic mass is 15.2. The third-order valence-corrected chi connectivity index (χ3v) is 1.51. The van der Waals surface area contributed by atoms with Gasteiger partial charge in [0.05, 0.1) is 0 Å². The van der Waals surface area contributed by atoms with Crippen LogP contribution in [0.1, 0.15) is 0 Å². The van der Waals surface area contributed by atoms with Crippen LogP contribution in [-0.2, 0) is 0 Å². The molecule has 0 amide bonds. The van der Waals surface area contributed by atoms with E-state index >= 15 is 0 Å². The number of hydrogen-bond donors (Lipinski definition) is 4. The van der Waals surface area contributed by atoms with Crippen LogP contribution in [0, 0.1) is 0 Å². The molecule has 7 nitrogen and oxygen atoms in total. The van der Waals surface area contributed by atoms with Gasteiger partial charge in [0.2, 0.25) is 17.8 Å². The minimum atomic E-state index is 0.0894. The average molecular weight is 191 g/mol. The zero-order chi connectivity index (χ0) is 9.97. The first-order chi connectivity index (χ1) is 6.74. The van der Waals surface area contributed by atoms with Crippen LogP contribution in [0.4, 0.5) is 23.7 Å². The second-order valence-electron chi connectivity index (χ2n) is 2.58. The summed E-state index contributed by atoms with van der Waals surface area (Å²) in [6, 6.07) is 3.67. The molecule has 0 bridgehead atoms. The van der Waals surface area contributed by atoms with Gasteiger partial charge in [-0.15, -0.1) is 0 Å². The molecule has 0 spiro atoms. The van der Waals surface area contributed by atoms with E-state index in [0.29, 0.717) is 5.95 Å². The number of nitrogens with one attached hydrogen (secondary N) is 2. The smallest absolute Gasteiger partial charge is 0.234 e. The Labute approximate surface area is 79.6 Å². The van der Waals surface area contributed by atoms with E-state index in [4.69, 9.17) is 11.5 Å². The number of nitrogens with zero attached hydrogens (tertiary/aromatic N) is 3. The molecule has 0 fully saturated rings. The Morgan fingerprint density at radius 1 is 1.14 bits per heavy atom. The van der Waals surface area contributed by atoms with Crippen LogP contribution >= 0.6 is 0 Å². The number of aromatic amines is 1. The molecule has 0 unspecified atom stereocenters. The number of aromatic nitrogens is 4. The summed E-state index contributed by atoms with van der Waals surface area (Å²) in [7, 11) is 0. The molecule has 0 aliphatic heterocycles. The van der Waals surface area contributed by atoms with Gasteiger partial charge in [0, 0.05) is 6.20 Å². The maximum absolute atomic E-state index is 5.40. The fourth-order valence-electron chi connectivity index (χ4n) is 0.994. The molecular formula is C7H9N7. The van der Waals surface area contributed by atoms with Crippen molar-refractivity contribution in [3.05, 3.63) is 18.3 Å². The summed E-state index contributed by atoms with van der Waals surface area (Å²) in [4.78, 5) is 14.3. The quantitative estimate of drug-likeness (QED) is 0.535. The monoisotopic (exact) mass is 191 g/mol. The lowest BCUT2D eigenvalue weighted by Crippen LogP contribution is -2.06. The fraction of sp³-hybridized carbons (Fsp3) is 0. The van der Waals surface area contributed by atoms with Gasteiger partial charge in [0.1, 0.15) is 5.82 Å². The van der Waals surface area contributed by atoms with Gasteiger partial charge in [-0.3, -0.25) is 0 Å². The number of H-pyrrole nitrogens is 1. The maximum atomic E-state index is 5.40. The summed E-state index contributed by atoms with van der Waals surface area (Å²) >= 11 is 0. The summed E-state index contributed by atoms with van der Waals surface area (Å²) in [6.45, 7) is 0. The molecule has 7 heteroatoms. The molecule has 0 aliphatic carbocycles. The van der Waals surface area contributed by atoms with Crippen molar-refractivity contribution in [2.75, 3.05) is 16.8 Å². The molecule has 0 atom stereocenters. The highest BCUT2D eigenvalue weighted by Gasteiger charge is 2.01. The number of nitrogens with two attached hydrogens (primary N) is 2. The predicted molar refractivity (Wildman–Crippen MR) is 52.7 cm³/mol. The van der Waals surface area contributed by atoms with E-state index in [1.54, 1.807) is 6.20 Å². The van der Waals surface area contributed by atoms with Crippen molar-refractivity contribution in [3.63, 3.8) is 0 Å². The summed E-state index contributed by atoms with van der Waals surface area (Å²) in [5, 5.41) is 2.89. The van der Waals surface area contributed by atoms with Crippen LogP contribution in [0.2, 0.25) is 0 Å². The van der Waals surface area contributed by atoms with Crippen molar-refractivity contribution in [2.24, 2.45) is 0 Å². The Kier molecular flexibility index (Phi) is 1.90. The summed E-state index contributed by atoms with van der Waals surface area (Å²) in [5.41, 5.74) is 10.8. The van der Waals surface area contributed by atoms with E-state index in [0.717, 1.165) is 5.82 Å². The van der Waals surface area contributed by atoms with Gasteiger partial charge in [-0.25, -0.2) is 0 Å². The molecule has 2 heterocycles. The van der Waals surface area contributed by atoms with Crippen LogP contribution in [-0.4, -0.2) is 19.9 Å². The SMILES string of the molecule is Nc1nc(N)nc(Nc2ccc[nH]2)n1. The van der Waals surface area contributed by atoms with Crippen LogP contribution in [0.3, 0.4) is 0 Å². The standard InChI is InChI=1S/C7H9N7/c8-5-12-6(9)14-7(13-5)11-4-2-1-3-10-4/h1-3,10H,(H5,8,9,11,12,13,14). The van der Waals surface area contributed by atoms with Gasteiger partial charge >= 0.3 is 0 Å². The van der Waals surface area contributed by atoms with E-state index in [9.17, 15) is 0 Å². The first-order valence-corrected chi connectivity index (χ1v) is 3.91. The van der Waals surface area contributed by atoms with Crippen LogP contribution in [0.15, 0.2) is 18.3 Å². The Morgan fingerprint density at radius 2 is 1.86 bits per heavy atom. The van der Waals surface area contributed by atoms with E-state index < -0.39 is 0 Å². The first-order valence-electron chi connectivity index (χ1n) is 3.91. The normalized spacial score (nSPS) is 10.0. The van der Waals surface area contributed by atoms with Crippen molar-refractivity contribution in [1.82, 2.24) is 19.9 Å². The maximum Gasteiger partial charge on any atom is 0.234 e. The zero-order valence-corrected chi connectivity index (χ0v) is 7.23. The van der Waals surface area contributed by atoms with Crippen molar-refractivity contribution in [1.29, 1.82) is 0 Å². The topological polar surface area (TPSA) is 119 Å². The van der Waals surface area contributed by atoms with Crippen LogP contribution < -0.4 is 16.8 Å². The number of nitrogen functional groups attached to an aromatic ring is 2. The van der Waals surface area contributed by atoms with E-state index in [2.05, 4.69) is 25.3 Å². The second-order valence-corrected chi connectivity index (χ2v) is 2.58. The summed E-state index contributed by atoms with van der Waals surface area (Å²) in [6.07, 6.45) is 1.77. The molecular weight excluding hydrogens is 182 g/mol. The average Bonchev–Trinajstić information content (AvgIpc) is 2.54. The Morgan fingerprint density at radius 3 is 2.43 bits per heavy atom. The van der Waals surface area contributed by atoms with Gasteiger partial charge in [0.25, 0.3) is 0 Å². The highest BCUT2D eigenvalue weighted by Crippen LogP contribution is 2.10. The highest BCUT2D eigenvalue weighted by molar-refractivity contribution is 5.50. The van der Waals surface area contributed by atoms with E-state index in [1.807, 2.05) is 12.1 Å². The zero-order valence-electron chi connectivity index (χ0n) is 7.23. The van der Waals surface area contributed by atoms with Crippen molar-refractivity contribution in [2.45, 2.75) is 0 Å². The molecule has 2 aromatic rings. The fourth-order valence-corrected chi connectivity index (χ4v) is 0.994. The summed E-state index contributed by atoms with van der Waals surface area (Å²) < 4.78 is 0. The van der Waals surface area contributed by atoms with Gasteiger partial charge < -0.3 is 21.8 Å². The third kappa shape index (κ3) is 1.71. The minimum absolute atomic E-state index is 0.0894. The third-order valence-electron chi connectivity index (χ3n) is 1.51. The van der Waals surface area contributed by atoms with Crippen molar-refractivity contribution >= 4 is 23.7 Å². The molecule has 2 rings (SSSR count). The summed E-state index contributed by atoms with van der Waals surface area (Å²) in [5.74, 6) is 1.26. The molecule has 0 saturated carbocycles. The minimum Gasteiger partial charge on any atom is -0.368 e. The van der Waals surface area contributed by atoms with Crippen molar-refractivity contribution in [3.8, 4) is 0 Å². The molecule has 6 N–H and O–H groups in total. The lowest BCUT2D eigenvalue weighted by Gasteiger charge is -2.02. The Hall–Kier alpha value is -2.31. The number of anilines is 4. The first kappa shape index (κ1) is 8.30. The molecule has 0 aliphatic rings. The van der Waals surface area contributed by atoms with Gasteiger partial charge in [0.15, 0.2) is 0 Å². The van der Waals surface area contributed by atoms with E-state index in [1.165, 1.54) is 0 Å². The molecule has 14 heavy (non-hydrogen) atoms. The molecule has 0 saturated heterocycles. The Balaban J connectivity index is 2.25. The van der Waals surface area contributed by atoms with Crippen LogP contribution in [0.5, 0.6) is 0 Å². The largest absolute Gasteiger partial charge is 0.368 e. The molecule has 2 aromatic heterocycles. The molecule has 0 aromatic carbocycles. The molecule has 72 valence electrons. The Bertz CT molecular complexity index is 401. The number of rotatable bonds is 2. The lowest BCUT2D eigenvalue weighted by atomic mass is 10.6. The van der Waals surface area contributed by atoms with Gasteiger partial charge in [-0.2, -0.15) is 15.0 Å². The van der Waals surface area contributed by atoms with Crippen molar-refractivity contribution < 1.29 is 0 Å². The lowest BCUT2D eigenvalue weighted by molar-refractivity contribution is 1.08. The van der Waals surface area contributed by atoms with E-state index in [-0.39, 0.29) is 11.9 Å².